The Morgan fingerprint density at radius 3 is 2.62 bits per heavy atom. The molecule has 0 aromatic heterocycles. The highest BCUT2D eigenvalue weighted by Crippen LogP contribution is 2.20. The SMILES string of the molecule is Cc1ccc(NC(=S)N[C@H](CN2CCOCC2)c2ccccc2)cc1Cl. The maximum absolute atomic E-state index is 6.21. The van der Waals surface area contributed by atoms with E-state index in [4.69, 9.17) is 28.6 Å². The number of ether oxygens (including phenoxy) is 1. The molecular formula is C20H24ClN3OS. The lowest BCUT2D eigenvalue weighted by molar-refractivity contribution is 0.0344. The predicted octanol–water partition coefficient (Wildman–Crippen LogP) is 4.01. The number of hydrogen-bond acceptors (Lipinski definition) is 3. The van der Waals surface area contributed by atoms with Crippen molar-refractivity contribution in [2.75, 3.05) is 38.2 Å². The van der Waals surface area contributed by atoms with Crippen LogP contribution in [0.2, 0.25) is 5.02 Å². The largest absolute Gasteiger partial charge is 0.379 e. The lowest BCUT2D eigenvalue weighted by Crippen LogP contribution is -2.44. The smallest absolute Gasteiger partial charge is 0.171 e. The molecule has 0 spiro atoms. The van der Waals surface area contributed by atoms with Gasteiger partial charge in [0.2, 0.25) is 0 Å². The van der Waals surface area contributed by atoms with Crippen molar-refractivity contribution in [1.29, 1.82) is 0 Å². The molecule has 0 bridgehead atoms. The molecule has 4 nitrogen and oxygen atoms in total. The average Bonchev–Trinajstić information content (AvgIpc) is 2.66. The summed E-state index contributed by atoms with van der Waals surface area (Å²) in [6, 6.07) is 16.4. The fourth-order valence-electron chi connectivity index (χ4n) is 2.96. The van der Waals surface area contributed by atoms with Gasteiger partial charge in [0.1, 0.15) is 0 Å². The van der Waals surface area contributed by atoms with Crippen molar-refractivity contribution in [2.45, 2.75) is 13.0 Å². The van der Waals surface area contributed by atoms with Crippen molar-refractivity contribution in [3.05, 3.63) is 64.7 Å². The quantitative estimate of drug-likeness (QED) is 0.755. The van der Waals surface area contributed by atoms with Crippen LogP contribution in [0.4, 0.5) is 5.69 Å². The maximum Gasteiger partial charge on any atom is 0.171 e. The zero-order valence-corrected chi connectivity index (χ0v) is 16.4. The van der Waals surface area contributed by atoms with Crippen LogP contribution >= 0.6 is 23.8 Å². The van der Waals surface area contributed by atoms with Gasteiger partial charge in [-0.25, -0.2) is 0 Å². The molecule has 6 heteroatoms. The number of rotatable bonds is 5. The molecule has 1 atom stereocenters. The summed E-state index contributed by atoms with van der Waals surface area (Å²) >= 11 is 11.8. The van der Waals surface area contributed by atoms with E-state index in [-0.39, 0.29) is 6.04 Å². The zero-order chi connectivity index (χ0) is 18.4. The van der Waals surface area contributed by atoms with Crippen molar-refractivity contribution >= 4 is 34.6 Å². The molecule has 3 rings (SSSR count). The van der Waals surface area contributed by atoms with E-state index < -0.39 is 0 Å². The Hall–Kier alpha value is -1.66. The van der Waals surface area contributed by atoms with E-state index in [1.165, 1.54) is 5.56 Å². The van der Waals surface area contributed by atoms with Gasteiger partial charge >= 0.3 is 0 Å². The molecule has 2 aromatic rings. The molecule has 138 valence electrons. The van der Waals surface area contributed by atoms with Gasteiger partial charge in [-0.05, 0) is 42.4 Å². The number of morpholine rings is 1. The van der Waals surface area contributed by atoms with Crippen LogP contribution in [0.15, 0.2) is 48.5 Å². The second-order valence-corrected chi connectivity index (χ2v) is 7.25. The van der Waals surface area contributed by atoms with E-state index in [2.05, 4.69) is 39.8 Å². The van der Waals surface area contributed by atoms with Crippen LogP contribution in [0.25, 0.3) is 0 Å². The number of nitrogens with one attached hydrogen (secondary N) is 2. The average molecular weight is 390 g/mol. The lowest BCUT2D eigenvalue weighted by atomic mass is 10.1. The van der Waals surface area contributed by atoms with E-state index >= 15 is 0 Å². The molecular weight excluding hydrogens is 366 g/mol. The Labute approximate surface area is 165 Å². The van der Waals surface area contributed by atoms with Gasteiger partial charge in [0.25, 0.3) is 0 Å². The van der Waals surface area contributed by atoms with Crippen LogP contribution < -0.4 is 10.6 Å². The number of benzene rings is 2. The predicted molar refractivity (Wildman–Crippen MR) is 112 cm³/mol. The first kappa shape index (κ1) is 19.1. The Morgan fingerprint density at radius 1 is 1.19 bits per heavy atom. The summed E-state index contributed by atoms with van der Waals surface area (Å²) in [4.78, 5) is 2.40. The van der Waals surface area contributed by atoms with Gasteiger partial charge in [-0.15, -0.1) is 0 Å². The molecule has 0 unspecified atom stereocenters. The Balaban J connectivity index is 1.67. The zero-order valence-electron chi connectivity index (χ0n) is 14.9. The molecule has 1 aliphatic rings. The Kier molecular flexibility index (Phi) is 6.86. The van der Waals surface area contributed by atoms with Crippen LogP contribution in [0.1, 0.15) is 17.2 Å². The molecule has 0 aliphatic carbocycles. The Morgan fingerprint density at radius 2 is 1.92 bits per heavy atom. The fourth-order valence-corrected chi connectivity index (χ4v) is 3.40. The summed E-state index contributed by atoms with van der Waals surface area (Å²) in [5.74, 6) is 0. The third kappa shape index (κ3) is 5.42. The first-order valence-corrected chi connectivity index (χ1v) is 9.59. The van der Waals surface area contributed by atoms with Crippen molar-refractivity contribution in [1.82, 2.24) is 10.2 Å². The monoisotopic (exact) mass is 389 g/mol. The highest BCUT2D eigenvalue weighted by molar-refractivity contribution is 7.80. The molecule has 0 radical (unpaired) electrons. The number of hydrogen-bond donors (Lipinski definition) is 2. The van der Waals surface area contributed by atoms with Gasteiger partial charge in [0.05, 0.1) is 19.3 Å². The van der Waals surface area contributed by atoms with E-state index in [0.717, 1.165) is 49.1 Å². The first-order valence-electron chi connectivity index (χ1n) is 8.80. The topological polar surface area (TPSA) is 36.5 Å². The summed E-state index contributed by atoms with van der Waals surface area (Å²) in [5, 5.41) is 8.02. The third-order valence-electron chi connectivity index (χ3n) is 4.48. The molecule has 2 N–H and O–H groups in total. The summed E-state index contributed by atoms with van der Waals surface area (Å²) in [6.07, 6.45) is 0. The normalized spacial score (nSPS) is 16.1. The summed E-state index contributed by atoms with van der Waals surface area (Å²) < 4.78 is 5.46. The van der Waals surface area contributed by atoms with Gasteiger partial charge in [0, 0.05) is 30.3 Å². The van der Waals surface area contributed by atoms with Crippen molar-refractivity contribution in [2.24, 2.45) is 0 Å². The first-order chi connectivity index (χ1) is 12.6. The second kappa shape index (κ2) is 9.33. The van der Waals surface area contributed by atoms with E-state index in [0.29, 0.717) is 5.11 Å². The third-order valence-corrected chi connectivity index (χ3v) is 5.11. The van der Waals surface area contributed by atoms with Crippen LogP contribution in [0, 0.1) is 6.92 Å². The van der Waals surface area contributed by atoms with Crippen LogP contribution in [-0.4, -0.2) is 42.9 Å². The minimum atomic E-state index is 0.107. The van der Waals surface area contributed by atoms with Crippen LogP contribution in [0.3, 0.4) is 0 Å². The number of anilines is 1. The number of thiocarbonyl (C=S) groups is 1. The summed E-state index contributed by atoms with van der Waals surface area (Å²) in [5.41, 5.74) is 3.15. The number of halogens is 1. The van der Waals surface area contributed by atoms with E-state index in [1.807, 2.05) is 31.2 Å². The second-order valence-electron chi connectivity index (χ2n) is 6.44. The minimum absolute atomic E-state index is 0.107. The van der Waals surface area contributed by atoms with Gasteiger partial charge in [0.15, 0.2) is 5.11 Å². The summed E-state index contributed by atoms with van der Waals surface area (Å²) in [7, 11) is 0. The standard InChI is InChI=1S/C20H24ClN3OS/c1-15-7-8-17(13-18(15)21)22-20(26)23-19(16-5-3-2-4-6-16)14-24-9-11-25-12-10-24/h2-8,13,19H,9-12,14H2,1H3,(H2,22,23,26)/t19-/m1/s1. The number of aryl methyl sites for hydroxylation is 1. The molecule has 26 heavy (non-hydrogen) atoms. The van der Waals surface area contributed by atoms with Crippen LogP contribution in [0.5, 0.6) is 0 Å². The Bertz CT molecular complexity index is 735. The minimum Gasteiger partial charge on any atom is -0.379 e. The highest BCUT2D eigenvalue weighted by Gasteiger charge is 2.19. The molecule has 1 fully saturated rings. The van der Waals surface area contributed by atoms with Crippen LogP contribution in [-0.2, 0) is 4.74 Å². The van der Waals surface area contributed by atoms with Crippen molar-refractivity contribution in [3.63, 3.8) is 0 Å². The van der Waals surface area contributed by atoms with E-state index in [1.54, 1.807) is 0 Å². The van der Waals surface area contributed by atoms with Crippen molar-refractivity contribution in [3.8, 4) is 0 Å². The molecule has 0 amide bonds. The highest BCUT2D eigenvalue weighted by atomic mass is 35.5. The van der Waals surface area contributed by atoms with Gasteiger partial charge < -0.3 is 15.4 Å². The van der Waals surface area contributed by atoms with Gasteiger partial charge in [-0.3, -0.25) is 4.90 Å². The molecule has 2 aromatic carbocycles. The van der Waals surface area contributed by atoms with E-state index in [9.17, 15) is 0 Å². The van der Waals surface area contributed by atoms with Gasteiger partial charge in [-0.1, -0.05) is 48.0 Å². The van der Waals surface area contributed by atoms with Gasteiger partial charge in [-0.2, -0.15) is 0 Å². The molecule has 0 saturated carbocycles. The maximum atomic E-state index is 6.21. The molecule has 1 heterocycles. The molecule has 1 saturated heterocycles. The lowest BCUT2D eigenvalue weighted by Gasteiger charge is -2.31. The molecule has 1 aliphatic heterocycles. The summed E-state index contributed by atoms with van der Waals surface area (Å²) in [6.45, 7) is 6.32. The number of nitrogens with zero attached hydrogens (tertiary/aromatic N) is 1. The fraction of sp³-hybridized carbons (Fsp3) is 0.350. The van der Waals surface area contributed by atoms with Crippen molar-refractivity contribution < 1.29 is 4.74 Å².